The Labute approximate surface area is 191 Å². The molecular weight excluding hydrogens is 509 g/mol. The van der Waals surface area contributed by atoms with E-state index < -0.39 is 6.10 Å². The summed E-state index contributed by atoms with van der Waals surface area (Å²) in [6.07, 6.45) is 9.31. The number of ether oxygens (including phenoxy) is 1. The van der Waals surface area contributed by atoms with Gasteiger partial charge >= 0.3 is 0 Å². The summed E-state index contributed by atoms with van der Waals surface area (Å²) in [5.41, 5.74) is 5.82. The molecule has 1 saturated carbocycles. The number of nitrogens with zero attached hydrogens (tertiary/aromatic N) is 3. The van der Waals surface area contributed by atoms with Gasteiger partial charge in [-0.15, -0.1) is 0 Å². The number of methoxy groups -OCH3 is 1. The Kier molecular flexibility index (Phi) is 5.43. The molecular formula is C23H20IN3O2S. The molecule has 1 aliphatic carbocycles. The number of hydrogen-bond donors (Lipinski definition) is 1. The van der Waals surface area contributed by atoms with Crippen LogP contribution >= 0.6 is 30.3 Å². The van der Waals surface area contributed by atoms with Gasteiger partial charge in [-0.25, -0.2) is 4.98 Å². The fraction of sp³-hybridized carbons (Fsp3) is 0.217. The van der Waals surface area contributed by atoms with Crippen LogP contribution in [0.4, 0.5) is 0 Å². The van der Waals surface area contributed by atoms with Crippen LogP contribution in [0.3, 0.4) is 0 Å². The zero-order chi connectivity index (χ0) is 20.7. The molecule has 5 rings (SSSR count). The number of aromatic nitrogens is 3. The van der Waals surface area contributed by atoms with E-state index in [0.29, 0.717) is 5.92 Å². The summed E-state index contributed by atoms with van der Waals surface area (Å²) in [7, 11) is 3.27. The highest BCUT2D eigenvalue weighted by atomic mass is 127. The van der Waals surface area contributed by atoms with Crippen LogP contribution in [0.15, 0.2) is 61.2 Å². The normalized spacial score (nSPS) is 14.8. The van der Waals surface area contributed by atoms with Gasteiger partial charge in [0.15, 0.2) is 5.65 Å². The first-order valence-corrected chi connectivity index (χ1v) is 13.1. The predicted octanol–water partition coefficient (Wildman–Crippen LogP) is 6.06. The average molecular weight is 529 g/mol. The number of hydrogen-bond acceptors (Lipinski definition) is 5. The lowest BCUT2D eigenvalue weighted by Crippen LogP contribution is -2.00. The molecule has 0 saturated heterocycles. The number of rotatable bonds is 6. The maximum atomic E-state index is 10.5. The number of pyridine rings is 2. The summed E-state index contributed by atoms with van der Waals surface area (Å²) >= 11 is 2.27. The van der Waals surface area contributed by atoms with Gasteiger partial charge in [0.05, 0.1) is 13.2 Å². The van der Waals surface area contributed by atoms with Gasteiger partial charge in [0.25, 0.3) is 0 Å². The molecule has 5 nitrogen and oxygen atoms in total. The van der Waals surface area contributed by atoms with Crippen molar-refractivity contribution in [2.45, 2.75) is 18.9 Å². The highest BCUT2D eigenvalue weighted by Gasteiger charge is 2.31. The van der Waals surface area contributed by atoms with Gasteiger partial charge in [-0.2, -0.15) is 0 Å². The molecule has 0 bridgehead atoms. The third-order valence-electron chi connectivity index (χ3n) is 5.59. The molecule has 7 heteroatoms. The largest absolute Gasteiger partial charge is 0.496 e. The third kappa shape index (κ3) is 3.59. The van der Waals surface area contributed by atoms with Crippen LogP contribution in [-0.4, -0.2) is 26.2 Å². The van der Waals surface area contributed by atoms with Crippen molar-refractivity contribution in [2.75, 3.05) is 7.11 Å². The zero-order valence-electron chi connectivity index (χ0n) is 16.3. The summed E-state index contributed by atoms with van der Waals surface area (Å²) in [5, 5.41) is 11.6. The van der Waals surface area contributed by atoms with Crippen molar-refractivity contribution in [3.63, 3.8) is 0 Å². The van der Waals surface area contributed by atoms with E-state index in [0.717, 1.165) is 57.4 Å². The van der Waals surface area contributed by atoms with E-state index >= 15 is 0 Å². The Morgan fingerprint density at radius 3 is 2.70 bits per heavy atom. The van der Waals surface area contributed by atoms with E-state index in [9.17, 15) is 5.11 Å². The highest BCUT2D eigenvalue weighted by molar-refractivity contribution is 14.2. The fourth-order valence-electron chi connectivity index (χ4n) is 3.83. The van der Waals surface area contributed by atoms with E-state index in [1.54, 1.807) is 22.4 Å². The van der Waals surface area contributed by atoms with Crippen molar-refractivity contribution >= 4 is 41.4 Å². The van der Waals surface area contributed by atoms with E-state index in [1.165, 1.54) is 0 Å². The Hall–Kier alpha value is -2.10. The molecule has 1 fully saturated rings. The second-order valence-electron chi connectivity index (χ2n) is 7.52. The van der Waals surface area contributed by atoms with Crippen LogP contribution in [0, 0.1) is 5.92 Å². The quantitative estimate of drug-likeness (QED) is 0.308. The summed E-state index contributed by atoms with van der Waals surface area (Å²) in [6, 6.07) is 12.2. The van der Waals surface area contributed by atoms with Gasteiger partial charge in [0.1, 0.15) is 5.75 Å². The number of para-hydroxylation sites is 1. The zero-order valence-corrected chi connectivity index (χ0v) is 19.3. The van der Waals surface area contributed by atoms with Gasteiger partial charge in [-0.05, 0) is 42.5 Å². The van der Waals surface area contributed by atoms with Gasteiger partial charge in [0, 0.05) is 82.8 Å². The molecule has 3 aromatic heterocycles. The maximum absolute atomic E-state index is 10.5. The molecule has 3 heterocycles. The second-order valence-corrected chi connectivity index (χ2v) is 9.24. The lowest BCUT2D eigenvalue weighted by atomic mass is 10.0. The minimum Gasteiger partial charge on any atom is -0.496 e. The second kappa shape index (κ2) is 8.20. The van der Waals surface area contributed by atoms with Crippen LogP contribution in [0.5, 0.6) is 5.75 Å². The van der Waals surface area contributed by atoms with Crippen LogP contribution in [0.2, 0.25) is 0 Å². The molecule has 1 aliphatic rings. The lowest BCUT2D eigenvalue weighted by molar-refractivity contribution is 0.153. The summed E-state index contributed by atoms with van der Waals surface area (Å²) in [5.74, 6) is 1.20. The standard InChI is InChI=1S/C23H20IN3O2S/c1-29-21-5-3-2-4-18(21)20-13-27(30-24)23-19(20)9-16(12-26-23)15-8-17(11-25-10-15)22(28)14-6-7-14/h2-5,8-14,22,28H,6-7H2,1H3. The Morgan fingerprint density at radius 2 is 1.93 bits per heavy atom. The number of halogens is 1. The van der Waals surface area contributed by atoms with Crippen molar-refractivity contribution in [3.05, 3.63) is 66.7 Å². The average Bonchev–Trinajstić information content (AvgIpc) is 3.59. The first-order valence-electron chi connectivity index (χ1n) is 9.76. The number of fused-ring (bicyclic) bond motifs is 1. The van der Waals surface area contributed by atoms with Crippen molar-refractivity contribution < 1.29 is 9.84 Å². The Bertz CT molecular complexity index is 1220. The molecule has 152 valence electrons. The van der Waals surface area contributed by atoms with Crippen molar-refractivity contribution in [2.24, 2.45) is 5.92 Å². The monoisotopic (exact) mass is 529 g/mol. The SMILES string of the molecule is COc1ccccc1-c1cn(SI)c2ncc(-c3cncc(C(O)C4CC4)c3)cc12. The van der Waals surface area contributed by atoms with Gasteiger partial charge in [-0.1, -0.05) is 18.2 Å². The molecule has 0 aliphatic heterocycles. The lowest BCUT2D eigenvalue weighted by Gasteiger charge is -2.11. The molecule has 1 unspecified atom stereocenters. The molecule has 4 aromatic rings. The first-order chi connectivity index (χ1) is 14.7. The van der Waals surface area contributed by atoms with E-state index in [1.807, 2.05) is 36.7 Å². The minimum atomic E-state index is -0.435. The molecule has 0 amide bonds. The summed E-state index contributed by atoms with van der Waals surface area (Å²) in [6.45, 7) is 0. The first kappa shape index (κ1) is 19.8. The molecule has 30 heavy (non-hydrogen) atoms. The van der Waals surface area contributed by atoms with Crippen LogP contribution in [0.1, 0.15) is 24.5 Å². The van der Waals surface area contributed by atoms with Crippen molar-refractivity contribution in [3.8, 4) is 28.0 Å². The summed E-state index contributed by atoms with van der Waals surface area (Å²) < 4.78 is 7.66. The van der Waals surface area contributed by atoms with E-state index in [-0.39, 0.29) is 0 Å². The Morgan fingerprint density at radius 1 is 1.13 bits per heavy atom. The minimum absolute atomic E-state index is 0.370. The Balaban J connectivity index is 1.64. The summed E-state index contributed by atoms with van der Waals surface area (Å²) in [4.78, 5) is 9.14. The van der Waals surface area contributed by atoms with Crippen molar-refractivity contribution in [1.29, 1.82) is 0 Å². The van der Waals surface area contributed by atoms with Crippen LogP contribution in [0.25, 0.3) is 33.3 Å². The molecule has 1 N–H and O–H groups in total. The molecule has 0 radical (unpaired) electrons. The topological polar surface area (TPSA) is 60.2 Å². The highest BCUT2D eigenvalue weighted by Crippen LogP contribution is 2.42. The van der Waals surface area contributed by atoms with Gasteiger partial charge in [0.2, 0.25) is 0 Å². The number of aliphatic hydroxyl groups excluding tert-OH is 1. The number of aliphatic hydroxyl groups is 1. The van der Waals surface area contributed by atoms with Crippen LogP contribution in [-0.2, 0) is 0 Å². The van der Waals surface area contributed by atoms with E-state index in [2.05, 4.69) is 48.5 Å². The van der Waals surface area contributed by atoms with Crippen LogP contribution < -0.4 is 4.74 Å². The maximum Gasteiger partial charge on any atom is 0.151 e. The fourth-order valence-corrected chi connectivity index (χ4v) is 5.09. The number of benzene rings is 1. The third-order valence-corrected chi connectivity index (χ3v) is 7.29. The molecule has 0 spiro atoms. The van der Waals surface area contributed by atoms with Crippen molar-refractivity contribution in [1.82, 2.24) is 13.9 Å². The van der Waals surface area contributed by atoms with E-state index in [4.69, 9.17) is 9.72 Å². The van der Waals surface area contributed by atoms with Gasteiger partial charge in [-0.3, -0.25) is 8.96 Å². The molecule has 1 aromatic carbocycles. The predicted molar refractivity (Wildman–Crippen MR) is 130 cm³/mol. The molecule has 1 atom stereocenters. The smallest absolute Gasteiger partial charge is 0.151 e. The van der Waals surface area contributed by atoms with Gasteiger partial charge < -0.3 is 9.84 Å².